The second-order valence-electron chi connectivity index (χ2n) is 8.27. The number of benzene rings is 3. The molecule has 0 unspecified atom stereocenters. The summed E-state index contributed by atoms with van der Waals surface area (Å²) < 4.78 is 5.54. The molecule has 1 fully saturated rings. The van der Waals surface area contributed by atoms with Crippen LogP contribution in [0, 0.1) is 0 Å². The Balaban J connectivity index is 1.50. The van der Waals surface area contributed by atoms with Crippen LogP contribution in [0.3, 0.4) is 0 Å². The lowest BCUT2D eigenvalue weighted by atomic mass is 10.0. The molecule has 0 saturated carbocycles. The van der Waals surface area contributed by atoms with Crippen LogP contribution in [0.4, 0.5) is 11.4 Å². The molecule has 1 saturated heterocycles. The van der Waals surface area contributed by atoms with Crippen molar-refractivity contribution in [3.8, 4) is 16.9 Å². The molecule has 8 heteroatoms. The van der Waals surface area contributed by atoms with Gasteiger partial charge in [0.05, 0.1) is 12.8 Å². The van der Waals surface area contributed by atoms with E-state index in [1.54, 1.807) is 31.4 Å². The summed E-state index contributed by atoms with van der Waals surface area (Å²) in [5.41, 5.74) is 9.45. The summed E-state index contributed by atoms with van der Waals surface area (Å²) in [5, 5.41) is 3.38. The highest BCUT2D eigenvalue weighted by atomic mass is 35.5. The van der Waals surface area contributed by atoms with Gasteiger partial charge >= 0.3 is 0 Å². The maximum Gasteiger partial charge on any atom is 0.255 e. The summed E-state index contributed by atoms with van der Waals surface area (Å²) in [6.45, 7) is 3.67. The Hall–Kier alpha value is -3.55. The first-order valence-electron chi connectivity index (χ1n) is 11.0. The van der Waals surface area contributed by atoms with Gasteiger partial charge in [0.1, 0.15) is 5.75 Å². The van der Waals surface area contributed by atoms with E-state index in [4.69, 9.17) is 22.1 Å². The first kappa shape index (κ1) is 23.6. The Labute approximate surface area is 204 Å². The smallest absolute Gasteiger partial charge is 0.255 e. The Morgan fingerprint density at radius 1 is 0.941 bits per heavy atom. The number of ether oxygens (including phenoxy) is 1. The van der Waals surface area contributed by atoms with Crippen molar-refractivity contribution in [2.45, 2.75) is 0 Å². The van der Waals surface area contributed by atoms with Crippen LogP contribution in [-0.4, -0.2) is 57.1 Å². The normalized spacial score (nSPS) is 14.0. The van der Waals surface area contributed by atoms with Crippen molar-refractivity contribution in [2.75, 3.05) is 50.6 Å². The number of amides is 2. The number of primary amides is 1. The average Bonchev–Trinajstić information content (AvgIpc) is 2.84. The predicted octanol–water partition coefficient (Wildman–Crippen LogP) is 4.12. The molecule has 4 rings (SSSR count). The van der Waals surface area contributed by atoms with E-state index < -0.39 is 5.91 Å². The number of halogens is 1. The van der Waals surface area contributed by atoms with Crippen molar-refractivity contribution >= 4 is 34.8 Å². The minimum absolute atomic E-state index is 0.199. The van der Waals surface area contributed by atoms with Crippen LogP contribution in [0.25, 0.3) is 11.1 Å². The molecular formula is C26H27ClN4O3. The zero-order valence-corrected chi connectivity index (χ0v) is 19.9. The molecule has 0 spiro atoms. The number of nitrogens with two attached hydrogens (primary N) is 1. The maximum atomic E-state index is 13.0. The fourth-order valence-electron chi connectivity index (χ4n) is 3.96. The zero-order valence-electron chi connectivity index (χ0n) is 19.2. The number of hydrogen-bond donors (Lipinski definition) is 2. The number of hydrogen-bond acceptors (Lipinski definition) is 5. The van der Waals surface area contributed by atoms with Gasteiger partial charge in [0.2, 0.25) is 5.91 Å². The second kappa shape index (κ2) is 10.2. The standard InChI is InChI=1S/C26H27ClN4O3/c1-30-11-13-31(14-12-30)23-16-19(6-10-24(23)34-2)26(33)29-20-7-3-17(4-8-20)21-9-5-18(25(28)32)15-22(21)27/h3-10,15-16H,11-14H2,1-2H3,(H2,28,32)(H,29,33). The quantitative estimate of drug-likeness (QED) is 0.556. The number of piperazine rings is 1. The average molecular weight is 479 g/mol. The second-order valence-corrected chi connectivity index (χ2v) is 8.67. The Bertz CT molecular complexity index is 1210. The fraction of sp³-hybridized carbons (Fsp3) is 0.231. The van der Waals surface area contributed by atoms with Crippen LogP contribution in [-0.2, 0) is 0 Å². The molecule has 176 valence electrons. The molecule has 7 nitrogen and oxygen atoms in total. The van der Waals surface area contributed by atoms with Gasteiger partial charge in [0.25, 0.3) is 5.91 Å². The van der Waals surface area contributed by atoms with Crippen LogP contribution < -0.4 is 20.7 Å². The van der Waals surface area contributed by atoms with Gasteiger partial charge in [-0.3, -0.25) is 9.59 Å². The molecule has 1 aliphatic heterocycles. The Morgan fingerprint density at radius 2 is 1.62 bits per heavy atom. The van der Waals surface area contributed by atoms with E-state index >= 15 is 0 Å². The number of nitrogens with zero attached hydrogens (tertiary/aromatic N) is 2. The van der Waals surface area contributed by atoms with Gasteiger partial charge < -0.3 is 25.6 Å². The molecule has 2 amide bonds. The van der Waals surface area contributed by atoms with Crippen LogP contribution in [0.15, 0.2) is 60.7 Å². The van der Waals surface area contributed by atoms with Gasteiger partial charge in [-0.15, -0.1) is 0 Å². The van der Waals surface area contributed by atoms with E-state index in [9.17, 15) is 9.59 Å². The third kappa shape index (κ3) is 5.16. The predicted molar refractivity (Wildman–Crippen MR) is 136 cm³/mol. The van der Waals surface area contributed by atoms with Crippen molar-refractivity contribution in [1.29, 1.82) is 0 Å². The van der Waals surface area contributed by atoms with Gasteiger partial charge in [0, 0.05) is 53.6 Å². The van der Waals surface area contributed by atoms with E-state index in [1.165, 1.54) is 0 Å². The number of anilines is 2. The summed E-state index contributed by atoms with van der Waals surface area (Å²) in [6, 6.07) is 17.8. The summed E-state index contributed by atoms with van der Waals surface area (Å²) in [6.07, 6.45) is 0. The third-order valence-corrected chi connectivity index (χ3v) is 6.31. The number of carbonyl (C=O) groups is 2. The number of nitrogens with one attached hydrogen (secondary N) is 1. The lowest BCUT2D eigenvalue weighted by molar-refractivity contribution is 0.0997. The largest absolute Gasteiger partial charge is 0.495 e. The third-order valence-electron chi connectivity index (χ3n) is 5.99. The van der Waals surface area contributed by atoms with Crippen LogP contribution in [0.1, 0.15) is 20.7 Å². The van der Waals surface area contributed by atoms with Crippen molar-refractivity contribution in [3.05, 3.63) is 76.8 Å². The molecule has 0 atom stereocenters. The molecule has 3 N–H and O–H groups in total. The van der Waals surface area contributed by atoms with Crippen LogP contribution in [0.5, 0.6) is 5.75 Å². The number of carbonyl (C=O) groups excluding carboxylic acids is 2. The minimum Gasteiger partial charge on any atom is -0.495 e. The fourth-order valence-corrected chi connectivity index (χ4v) is 4.25. The molecule has 3 aromatic carbocycles. The Morgan fingerprint density at radius 3 is 2.24 bits per heavy atom. The summed E-state index contributed by atoms with van der Waals surface area (Å²) in [7, 11) is 3.75. The highest BCUT2D eigenvalue weighted by Crippen LogP contribution is 2.32. The molecule has 0 radical (unpaired) electrons. The Kier molecular flexibility index (Phi) is 7.05. The van der Waals surface area contributed by atoms with Crippen molar-refractivity contribution in [2.24, 2.45) is 5.73 Å². The lowest BCUT2D eigenvalue weighted by Gasteiger charge is -2.34. The molecule has 3 aromatic rings. The monoisotopic (exact) mass is 478 g/mol. The van der Waals surface area contributed by atoms with E-state index in [0.29, 0.717) is 21.8 Å². The molecule has 0 bridgehead atoms. The topological polar surface area (TPSA) is 87.9 Å². The molecule has 0 aromatic heterocycles. The molecular weight excluding hydrogens is 452 g/mol. The van der Waals surface area contributed by atoms with E-state index in [0.717, 1.165) is 48.7 Å². The van der Waals surface area contributed by atoms with E-state index in [1.807, 2.05) is 36.4 Å². The number of rotatable bonds is 6. The minimum atomic E-state index is -0.527. The van der Waals surface area contributed by atoms with E-state index in [-0.39, 0.29) is 5.91 Å². The van der Waals surface area contributed by atoms with Gasteiger partial charge in [0.15, 0.2) is 0 Å². The van der Waals surface area contributed by atoms with Gasteiger partial charge in [-0.1, -0.05) is 29.8 Å². The van der Waals surface area contributed by atoms with Crippen molar-refractivity contribution in [3.63, 3.8) is 0 Å². The highest BCUT2D eigenvalue weighted by Gasteiger charge is 2.19. The molecule has 0 aliphatic carbocycles. The first-order chi connectivity index (χ1) is 16.4. The van der Waals surface area contributed by atoms with Crippen LogP contribution in [0.2, 0.25) is 5.02 Å². The summed E-state index contributed by atoms with van der Waals surface area (Å²) >= 11 is 6.33. The molecule has 34 heavy (non-hydrogen) atoms. The number of likely N-dealkylation sites (N-methyl/N-ethyl adjacent to an activating group) is 1. The first-order valence-corrected chi connectivity index (χ1v) is 11.4. The van der Waals surface area contributed by atoms with E-state index in [2.05, 4.69) is 22.2 Å². The van der Waals surface area contributed by atoms with Crippen LogP contribution >= 0.6 is 11.6 Å². The highest BCUT2D eigenvalue weighted by molar-refractivity contribution is 6.33. The van der Waals surface area contributed by atoms with Gasteiger partial charge in [-0.2, -0.15) is 0 Å². The lowest BCUT2D eigenvalue weighted by Crippen LogP contribution is -2.44. The summed E-state index contributed by atoms with van der Waals surface area (Å²) in [4.78, 5) is 28.8. The maximum absolute atomic E-state index is 13.0. The summed E-state index contributed by atoms with van der Waals surface area (Å²) in [5.74, 6) is 0.0279. The van der Waals surface area contributed by atoms with Crippen molar-refractivity contribution < 1.29 is 14.3 Å². The van der Waals surface area contributed by atoms with Gasteiger partial charge in [-0.05, 0) is 55.1 Å². The molecule has 1 aliphatic rings. The van der Waals surface area contributed by atoms with Gasteiger partial charge in [-0.25, -0.2) is 0 Å². The number of methoxy groups -OCH3 is 1. The van der Waals surface area contributed by atoms with Crippen molar-refractivity contribution in [1.82, 2.24) is 4.90 Å². The SMILES string of the molecule is COc1ccc(C(=O)Nc2ccc(-c3ccc(C(N)=O)cc3Cl)cc2)cc1N1CCN(C)CC1. The zero-order chi connectivity index (χ0) is 24.2. The molecule has 1 heterocycles.